The Morgan fingerprint density at radius 2 is 2.00 bits per heavy atom. The average molecular weight is 342 g/mol. The third-order valence-electron chi connectivity index (χ3n) is 4.99. The van der Waals surface area contributed by atoms with Crippen LogP contribution in [0.4, 0.5) is 0 Å². The molecule has 1 saturated carbocycles. The Labute approximate surface area is 148 Å². The van der Waals surface area contributed by atoms with E-state index in [2.05, 4.69) is 32.0 Å². The molecular weight excluding hydrogens is 316 g/mol. The number of rotatable bonds is 7. The second-order valence-electron chi connectivity index (χ2n) is 7.08. The van der Waals surface area contributed by atoms with Crippen LogP contribution >= 0.6 is 0 Å². The lowest BCUT2D eigenvalue weighted by molar-refractivity contribution is 0.107. The minimum atomic E-state index is 0.586. The van der Waals surface area contributed by atoms with E-state index in [0.29, 0.717) is 6.61 Å². The van der Waals surface area contributed by atoms with E-state index in [4.69, 9.17) is 9.47 Å². The number of hydrogen-bond acceptors (Lipinski definition) is 5. The van der Waals surface area contributed by atoms with Crippen LogP contribution in [-0.4, -0.2) is 40.2 Å². The molecule has 0 radical (unpaired) electrons. The molecule has 2 aromatic rings. The zero-order valence-electron chi connectivity index (χ0n) is 14.9. The van der Waals surface area contributed by atoms with Crippen molar-refractivity contribution in [2.24, 2.45) is 5.92 Å². The van der Waals surface area contributed by atoms with Gasteiger partial charge in [-0.15, -0.1) is 5.10 Å². The van der Waals surface area contributed by atoms with Crippen molar-refractivity contribution in [1.29, 1.82) is 0 Å². The molecule has 2 aliphatic rings. The number of aromatic nitrogens is 3. The summed E-state index contributed by atoms with van der Waals surface area (Å²) in [6.07, 6.45) is 3.72. The number of aryl methyl sites for hydroxylation is 1. The minimum Gasteiger partial charge on any atom is -0.497 e. The average Bonchev–Trinajstić information content (AvgIpc) is 3.41. The summed E-state index contributed by atoms with van der Waals surface area (Å²) in [4.78, 5) is 2.47. The van der Waals surface area contributed by atoms with Gasteiger partial charge in [0.25, 0.3) is 0 Å². The van der Waals surface area contributed by atoms with Crippen molar-refractivity contribution in [2.75, 3.05) is 20.3 Å². The van der Waals surface area contributed by atoms with E-state index >= 15 is 0 Å². The largest absolute Gasteiger partial charge is 0.497 e. The molecule has 0 N–H and O–H groups in total. The van der Waals surface area contributed by atoms with Gasteiger partial charge >= 0.3 is 0 Å². The molecule has 2 heterocycles. The van der Waals surface area contributed by atoms with Gasteiger partial charge in [-0.05, 0) is 42.9 Å². The Hall–Kier alpha value is -1.92. The van der Waals surface area contributed by atoms with Gasteiger partial charge in [0.15, 0.2) is 0 Å². The van der Waals surface area contributed by atoms with E-state index in [1.165, 1.54) is 24.1 Å². The van der Waals surface area contributed by atoms with Gasteiger partial charge in [0.2, 0.25) is 0 Å². The van der Waals surface area contributed by atoms with Gasteiger partial charge in [0, 0.05) is 32.8 Å². The number of fused-ring (bicyclic) bond motifs is 1. The monoisotopic (exact) mass is 342 g/mol. The van der Waals surface area contributed by atoms with Crippen LogP contribution in [0.15, 0.2) is 24.3 Å². The topological polar surface area (TPSA) is 52.4 Å². The minimum absolute atomic E-state index is 0.586. The molecule has 0 bridgehead atoms. The highest BCUT2D eigenvalue weighted by Gasteiger charge is 2.23. The normalized spacial score (nSPS) is 18.0. The fourth-order valence-corrected chi connectivity index (χ4v) is 3.30. The van der Waals surface area contributed by atoms with Gasteiger partial charge in [-0.25, -0.2) is 4.68 Å². The summed E-state index contributed by atoms with van der Waals surface area (Å²) in [5, 5.41) is 8.70. The Bertz CT molecular complexity index is 694. The Kier molecular flexibility index (Phi) is 4.99. The van der Waals surface area contributed by atoms with Crippen molar-refractivity contribution in [2.45, 2.75) is 45.5 Å². The zero-order chi connectivity index (χ0) is 17.1. The highest BCUT2D eigenvalue weighted by atomic mass is 16.5. The first-order chi connectivity index (χ1) is 12.3. The molecule has 0 saturated heterocycles. The van der Waals surface area contributed by atoms with Crippen molar-refractivity contribution >= 4 is 0 Å². The second kappa shape index (κ2) is 7.54. The van der Waals surface area contributed by atoms with E-state index in [1.807, 2.05) is 12.1 Å². The van der Waals surface area contributed by atoms with Crippen LogP contribution < -0.4 is 4.74 Å². The lowest BCUT2D eigenvalue weighted by Gasteiger charge is -2.20. The third-order valence-corrected chi connectivity index (χ3v) is 4.99. The maximum absolute atomic E-state index is 5.84. The first kappa shape index (κ1) is 16.5. The molecule has 6 nitrogen and oxygen atoms in total. The summed E-state index contributed by atoms with van der Waals surface area (Å²) in [6, 6.07) is 8.32. The van der Waals surface area contributed by atoms with Crippen LogP contribution in [0.25, 0.3) is 0 Å². The predicted molar refractivity (Wildman–Crippen MR) is 94.1 cm³/mol. The molecule has 1 aliphatic heterocycles. The van der Waals surface area contributed by atoms with Gasteiger partial charge in [-0.2, -0.15) is 0 Å². The quantitative estimate of drug-likeness (QED) is 0.774. The van der Waals surface area contributed by atoms with Crippen LogP contribution in [-0.2, 0) is 31.0 Å². The smallest absolute Gasteiger partial charge is 0.118 e. The van der Waals surface area contributed by atoms with Crippen molar-refractivity contribution in [3.8, 4) is 5.75 Å². The molecule has 1 aliphatic carbocycles. The molecule has 0 amide bonds. The second-order valence-corrected chi connectivity index (χ2v) is 7.08. The van der Waals surface area contributed by atoms with Crippen LogP contribution in [0.5, 0.6) is 5.75 Å². The van der Waals surface area contributed by atoms with Gasteiger partial charge in [-0.1, -0.05) is 17.3 Å². The van der Waals surface area contributed by atoms with Gasteiger partial charge in [0.1, 0.15) is 11.4 Å². The molecule has 6 heteroatoms. The number of methoxy groups -OCH3 is 1. The third kappa shape index (κ3) is 4.19. The SMILES string of the molecule is COc1ccc(CN2CCCn3nnc(COCC4CC4)c3C2)cc1. The first-order valence-electron chi connectivity index (χ1n) is 9.16. The molecule has 1 aromatic heterocycles. The summed E-state index contributed by atoms with van der Waals surface area (Å²) < 4.78 is 13.1. The number of benzene rings is 1. The first-order valence-corrected chi connectivity index (χ1v) is 9.16. The van der Waals surface area contributed by atoms with Crippen LogP contribution in [0.1, 0.15) is 36.2 Å². The maximum Gasteiger partial charge on any atom is 0.118 e. The number of nitrogens with zero attached hydrogens (tertiary/aromatic N) is 4. The van der Waals surface area contributed by atoms with Gasteiger partial charge in [-0.3, -0.25) is 4.90 Å². The molecule has 4 rings (SSSR count). The van der Waals surface area contributed by atoms with E-state index in [0.717, 1.165) is 56.6 Å². The Morgan fingerprint density at radius 3 is 2.76 bits per heavy atom. The van der Waals surface area contributed by atoms with Crippen molar-refractivity contribution < 1.29 is 9.47 Å². The van der Waals surface area contributed by atoms with Crippen LogP contribution in [0, 0.1) is 5.92 Å². The fourth-order valence-electron chi connectivity index (χ4n) is 3.30. The zero-order valence-corrected chi connectivity index (χ0v) is 14.9. The molecule has 0 atom stereocenters. The number of ether oxygens (including phenoxy) is 2. The molecule has 25 heavy (non-hydrogen) atoms. The van der Waals surface area contributed by atoms with E-state index in [9.17, 15) is 0 Å². The van der Waals surface area contributed by atoms with Gasteiger partial charge in [0.05, 0.1) is 19.4 Å². The molecule has 134 valence electrons. The van der Waals surface area contributed by atoms with E-state index in [1.54, 1.807) is 7.11 Å². The van der Waals surface area contributed by atoms with E-state index in [-0.39, 0.29) is 0 Å². The molecule has 0 unspecified atom stereocenters. The Morgan fingerprint density at radius 1 is 1.16 bits per heavy atom. The summed E-state index contributed by atoms with van der Waals surface area (Å²) in [5.41, 5.74) is 3.51. The fraction of sp³-hybridized carbons (Fsp3) is 0.579. The Balaban J connectivity index is 1.40. The summed E-state index contributed by atoms with van der Waals surface area (Å²) in [6.45, 7) is 5.25. The van der Waals surface area contributed by atoms with Gasteiger partial charge < -0.3 is 9.47 Å². The molecule has 1 fully saturated rings. The highest BCUT2D eigenvalue weighted by Crippen LogP contribution is 2.29. The summed E-state index contributed by atoms with van der Waals surface area (Å²) in [5.74, 6) is 1.68. The standard InChI is InChI=1S/C19H26N4O2/c1-24-17-7-5-15(6-8-17)11-22-9-2-10-23-19(12-22)18(20-21-23)14-25-13-16-3-4-16/h5-8,16H,2-4,9-14H2,1H3. The molecular formula is C19H26N4O2. The van der Waals surface area contributed by atoms with Crippen molar-refractivity contribution in [3.05, 3.63) is 41.2 Å². The lowest BCUT2D eigenvalue weighted by Crippen LogP contribution is -2.23. The predicted octanol–water partition coefficient (Wildman–Crippen LogP) is 2.62. The van der Waals surface area contributed by atoms with Crippen LogP contribution in [0.2, 0.25) is 0 Å². The highest BCUT2D eigenvalue weighted by molar-refractivity contribution is 5.27. The summed E-state index contributed by atoms with van der Waals surface area (Å²) >= 11 is 0. The van der Waals surface area contributed by atoms with Crippen molar-refractivity contribution in [1.82, 2.24) is 19.9 Å². The molecule has 1 aromatic carbocycles. The number of hydrogen-bond donors (Lipinski definition) is 0. The van der Waals surface area contributed by atoms with Crippen LogP contribution in [0.3, 0.4) is 0 Å². The lowest BCUT2D eigenvalue weighted by atomic mass is 10.2. The summed E-state index contributed by atoms with van der Waals surface area (Å²) in [7, 11) is 1.70. The molecule has 0 spiro atoms. The van der Waals surface area contributed by atoms with Crippen molar-refractivity contribution in [3.63, 3.8) is 0 Å². The van der Waals surface area contributed by atoms with E-state index < -0.39 is 0 Å². The maximum atomic E-state index is 5.84.